The van der Waals surface area contributed by atoms with Crippen LogP contribution in [0.4, 0.5) is 26.3 Å². The second-order valence-corrected chi connectivity index (χ2v) is 6.07. The van der Waals surface area contributed by atoms with Gasteiger partial charge >= 0.3 is 12.4 Å². The molecule has 0 aliphatic rings. The van der Waals surface area contributed by atoms with E-state index >= 15 is 0 Å². The van der Waals surface area contributed by atoms with E-state index in [1.54, 1.807) is 0 Å². The van der Waals surface area contributed by atoms with Crippen molar-refractivity contribution in [2.75, 3.05) is 0 Å². The van der Waals surface area contributed by atoms with Gasteiger partial charge in [0.15, 0.2) is 5.82 Å². The van der Waals surface area contributed by atoms with E-state index in [9.17, 15) is 31.1 Å². The van der Waals surface area contributed by atoms with Gasteiger partial charge in [-0.2, -0.15) is 36.5 Å². The van der Waals surface area contributed by atoms with Crippen molar-refractivity contribution in [2.24, 2.45) is 0 Å². The van der Waals surface area contributed by atoms with Gasteiger partial charge in [-0.15, -0.1) is 4.80 Å². The molecule has 1 amide bonds. The van der Waals surface area contributed by atoms with E-state index in [0.717, 1.165) is 4.80 Å². The van der Waals surface area contributed by atoms with Crippen LogP contribution in [-0.4, -0.2) is 30.9 Å². The highest BCUT2D eigenvalue weighted by Gasteiger charge is 2.37. The molecule has 0 aliphatic carbocycles. The van der Waals surface area contributed by atoms with Gasteiger partial charge in [0.1, 0.15) is 5.69 Å². The van der Waals surface area contributed by atoms with Crippen molar-refractivity contribution in [3.63, 3.8) is 0 Å². The Morgan fingerprint density at radius 2 is 1.43 bits per heavy atom. The first-order valence-electron chi connectivity index (χ1n) is 8.25. The Morgan fingerprint density at radius 1 is 0.900 bits per heavy atom. The fourth-order valence-corrected chi connectivity index (χ4v) is 2.56. The molecular formula is C17H12F6N6O. The third-order valence-electron chi connectivity index (χ3n) is 3.92. The summed E-state index contributed by atoms with van der Waals surface area (Å²) in [7, 11) is 0. The Balaban J connectivity index is 1.93. The number of amides is 1. The molecule has 1 N–H and O–H groups in total. The summed E-state index contributed by atoms with van der Waals surface area (Å²) in [5, 5.41) is 10.1. The Hall–Kier alpha value is -3.51. The van der Waals surface area contributed by atoms with Crippen LogP contribution in [0.15, 0.2) is 43.0 Å². The van der Waals surface area contributed by atoms with E-state index in [1.165, 1.54) is 31.7 Å². The molecule has 0 aliphatic heterocycles. The average molecular weight is 430 g/mol. The maximum atomic E-state index is 13.0. The number of rotatable bonds is 4. The maximum absolute atomic E-state index is 13.0. The summed E-state index contributed by atoms with van der Waals surface area (Å²) in [6.45, 7) is 1.44. The number of nitrogens with one attached hydrogen (secondary N) is 1. The molecule has 0 radical (unpaired) electrons. The van der Waals surface area contributed by atoms with Crippen LogP contribution in [0.3, 0.4) is 0 Å². The van der Waals surface area contributed by atoms with Crippen LogP contribution < -0.4 is 5.32 Å². The first-order chi connectivity index (χ1) is 14.0. The Morgan fingerprint density at radius 3 is 1.97 bits per heavy atom. The van der Waals surface area contributed by atoms with E-state index in [1.807, 2.05) is 0 Å². The van der Waals surface area contributed by atoms with E-state index in [-0.39, 0.29) is 17.6 Å². The van der Waals surface area contributed by atoms with Gasteiger partial charge in [-0.1, -0.05) is 0 Å². The standard InChI is InChI=1S/C17H12F6N6O/c1-9(13-14(25-3-2-24-13)29-26-4-5-27-29)28-15(30)10-6-11(16(18,19)20)8-12(7-10)17(21,22)23/h2-9H,1H3,(H,28,30). The molecule has 1 unspecified atom stereocenters. The lowest BCUT2D eigenvalue weighted by molar-refractivity contribution is -0.143. The van der Waals surface area contributed by atoms with Gasteiger partial charge in [0.05, 0.1) is 29.6 Å². The zero-order valence-corrected chi connectivity index (χ0v) is 15.0. The zero-order valence-electron chi connectivity index (χ0n) is 15.0. The van der Waals surface area contributed by atoms with E-state index in [2.05, 4.69) is 25.5 Å². The quantitative estimate of drug-likeness (QED) is 0.640. The highest BCUT2D eigenvalue weighted by atomic mass is 19.4. The molecule has 1 aromatic carbocycles. The van der Waals surface area contributed by atoms with E-state index in [0.29, 0.717) is 12.1 Å². The number of hydrogen-bond acceptors (Lipinski definition) is 5. The third kappa shape index (κ3) is 4.55. The number of nitrogens with zero attached hydrogens (tertiary/aromatic N) is 5. The van der Waals surface area contributed by atoms with Crippen LogP contribution >= 0.6 is 0 Å². The fraction of sp³-hybridized carbons (Fsp3) is 0.235. The SMILES string of the molecule is CC(NC(=O)c1cc(C(F)(F)F)cc(C(F)(F)F)c1)c1nccnc1-n1nccn1. The van der Waals surface area contributed by atoms with Crippen molar-refractivity contribution >= 4 is 5.91 Å². The Bertz CT molecular complexity index is 1020. The number of hydrogen-bond donors (Lipinski definition) is 1. The van der Waals surface area contributed by atoms with Crippen molar-refractivity contribution < 1.29 is 31.1 Å². The topological polar surface area (TPSA) is 85.6 Å². The van der Waals surface area contributed by atoms with Crippen LogP contribution in [-0.2, 0) is 12.4 Å². The monoisotopic (exact) mass is 430 g/mol. The van der Waals surface area contributed by atoms with Crippen LogP contribution in [0.1, 0.15) is 40.1 Å². The molecule has 2 heterocycles. The smallest absolute Gasteiger partial charge is 0.344 e. The second kappa shape index (κ2) is 7.72. The van der Waals surface area contributed by atoms with Gasteiger partial charge in [-0.3, -0.25) is 9.78 Å². The van der Waals surface area contributed by atoms with E-state index < -0.39 is 41.0 Å². The fourth-order valence-electron chi connectivity index (χ4n) is 2.56. The summed E-state index contributed by atoms with van der Waals surface area (Å²) < 4.78 is 78.0. The predicted octanol–water partition coefficient (Wildman–Crippen LogP) is 3.59. The number of carbonyl (C=O) groups excluding carboxylic acids is 1. The van der Waals surface area contributed by atoms with Gasteiger partial charge in [-0.05, 0) is 25.1 Å². The van der Waals surface area contributed by atoms with Gasteiger partial charge in [0.25, 0.3) is 5.91 Å². The molecule has 7 nitrogen and oxygen atoms in total. The van der Waals surface area contributed by atoms with Gasteiger partial charge in [0.2, 0.25) is 0 Å². The summed E-state index contributed by atoms with van der Waals surface area (Å²) in [6, 6.07) is -0.283. The third-order valence-corrected chi connectivity index (χ3v) is 3.92. The first kappa shape index (κ1) is 21.2. The molecule has 3 aromatic rings. The molecule has 3 rings (SSSR count). The molecule has 0 saturated heterocycles. The summed E-state index contributed by atoms with van der Waals surface area (Å²) in [5.41, 5.74) is -3.82. The van der Waals surface area contributed by atoms with Crippen molar-refractivity contribution in [2.45, 2.75) is 25.3 Å². The molecule has 30 heavy (non-hydrogen) atoms. The molecule has 13 heteroatoms. The molecule has 2 aromatic heterocycles. The molecule has 0 spiro atoms. The zero-order chi connectivity index (χ0) is 22.1. The van der Waals surface area contributed by atoms with Gasteiger partial charge in [0, 0.05) is 18.0 Å². The average Bonchev–Trinajstić information content (AvgIpc) is 3.21. The minimum atomic E-state index is -5.06. The van der Waals surface area contributed by atoms with Crippen molar-refractivity contribution in [1.29, 1.82) is 0 Å². The van der Waals surface area contributed by atoms with Gasteiger partial charge < -0.3 is 5.32 Å². The van der Waals surface area contributed by atoms with Crippen LogP contribution in [0.25, 0.3) is 5.82 Å². The van der Waals surface area contributed by atoms with Crippen molar-refractivity contribution in [3.05, 3.63) is 65.4 Å². The summed E-state index contributed by atoms with van der Waals surface area (Å²) in [5.74, 6) is -1.01. The molecule has 0 fully saturated rings. The normalized spacial score (nSPS) is 13.2. The minimum Gasteiger partial charge on any atom is -0.344 e. The van der Waals surface area contributed by atoms with Gasteiger partial charge in [-0.25, -0.2) is 4.98 Å². The Labute approximate surface area is 164 Å². The lowest BCUT2D eigenvalue weighted by Crippen LogP contribution is -2.29. The second-order valence-electron chi connectivity index (χ2n) is 6.07. The van der Waals surface area contributed by atoms with Crippen molar-refractivity contribution in [1.82, 2.24) is 30.3 Å². The highest BCUT2D eigenvalue weighted by Crippen LogP contribution is 2.36. The molecule has 0 bridgehead atoms. The highest BCUT2D eigenvalue weighted by molar-refractivity contribution is 5.95. The summed E-state index contributed by atoms with van der Waals surface area (Å²) >= 11 is 0. The van der Waals surface area contributed by atoms with Crippen LogP contribution in [0.5, 0.6) is 0 Å². The molecule has 158 valence electrons. The number of aromatic nitrogens is 5. The number of benzene rings is 1. The summed E-state index contributed by atoms with van der Waals surface area (Å²) in [4.78, 5) is 21.7. The largest absolute Gasteiger partial charge is 0.416 e. The number of carbonyl (C=O) groups is 1. The Kier molecular flexibility index (Phi) is 5.46. The predicted molar refractivity (Wildman–Crippen MR) is 89.3 cm³/mol. The maximum Gasteiger partial charge on any atom is 0.416 e. The number of halogens is 6. The van der Waals surface area contributed by atoms with E-state index in [4.69, 9.17) is 0 Å². The lowest BCUT2D eigenvalue weighted by Gasteiger charge is -2.17. The van der Waals surface area contributed by atoms with Crippen LogP contribution in [0, 0.1) is 0 Å². The molecule has 1 atom stereocenters. The molecular weight excluding hydrogens is 418 g/mol. The van der Waals surface area contributed by atoms with Crippen LogP contribution in [0.2, 0.25) is 0 Å². The van der Waals surface area contributed by atoms with Crippen molar-refractivity contribution in [3.8, 4) is 5.82 Å². The molecule has 0 saturated carbocycles. The summed E-state index contributed by atoms with van der Waals surface area (Å²) in [6.07, 6.45) is -4.76. The number of alkyl halides is 6. The lowest BCUT2D eigenvalue weighted by atomic mass is 10.0. The minimum absolute atomic E-state index is 0.0512. The first-order valence-corrected chi connectivity index (χ1v) is 8.25.